The van der Waals surface area contributed by atoms with Gasteiger partial charge < -0.3 is 10.0 Å². The molecule has 1 aromatic carbocycles. The molecule has 1 aromatic heterocycles. The second-order valence-corrected chi connectivity index (χ2v) is 7.80. The van der Waals surface area contributed by atoms with E-state index in [2.05, 4.69) is 15.9 Å². The van der Waals surface area contributed by atoms with Gasteiger partial charge in [-0.15, -0.1) is 11.3 Å². The molecule has 0 unspecified atom stereocenters. The number of amides is 1. The molecule has 0 spiro atoms. The van der Waals surface area contributed by atoms with Crippen LogP contribution in [0.15, 0.2) is 40.9 Å². The Morgan fingerprint density at radius 2 is 1.87 bits per heavy atom. The van der Waals surface area contributed by atoms with Crippen molar-refractivity contribution in [2.24, 2.45) is 11.8 Å². The summed E-state index contributed by atoms with van der Waals surface area (Å²) in [6.45, 7) is 2.68. The number of hydrogen-bond donors (Lipinski definition) is 1. The number of likely N-dealkylation sites (tertiary alicyclic amines) is 1. The zero-order valence-corrected chi connectivity index (χ0v) is 14.9. The van der Waals surface area contributed by atoms with E-state index in [1.165, 1.54) is 11.3 Å². The van der Waals surface area contributed by atoms with Crippen LogP contribution in [0.3, 0.4) is 0 Å². The number of rotatable bonds is 3. The highest BCUT2D eigenvalue weighted by molar-refractivity contribution is 9.10. The average Bonchev–Trinajstić information content (AvgIpc) is 3.14. The Bertz CT molecular complexity index is 741. The van der Waals surface area contributed by atoms with Crippen molar-refractivity contribution in [3.63, 3.8) is 0 Å². The third kappa shape index (κ3) is 3.33. The maximum absolute atomic E-state index is 12.6. The maximum atomic E-state index is 12.6. The third-order valence-corrected chi connectivity index (χ3v) is 5.81. The summed E-state index contributed by atoms with van der Waals surface area (Å²) >= 11 is 4.85. The van der Waals surface area contributed by atoms with Crippen LogP contribution in [0.1, 0.15) is 16.6 Å². The first kappa shape index (κ1) is 16.2. The molecule has 2 heterocycles. The van der Waals surface area contributed by atoms with Crippen molar-refractivity contribution in [1.82, 2.24) is 4.90 Å². The van der Waals surface area contributed by atoms with E-state index in [0.29, 0.717) is 18.0 Å². The van der Waals surface area contributed by atoms with Crippen LogP contribution in [0.2, 0.25) is 0 Å². The molecule has 1 fully saturated rings. The SMILES string of the molecule is C[C@@H]1CN(C(=O)c2ccc(-c3ccc(Br)cc3)s2)C[C@H]1C(=O)O. The van der Waals surface area contributed by atoms with Crippen LogP contribution in [-0.2, 0) is 4.79 Å². The van der Waals surface area contributed by atoms with E-state index in [0.717, 1.165) is 14.9 Å². The molecule has 2 aromatic rings. The van der Waals surface area contributed by atoms with E-state index in [1.807, 2.05) is 43.3 Å². The number of thiophene rings is 1. The summed E-state index contributed by atoms with van der Waals surface area (Å²) in [4.78, 5) is 27.1. The Morgan fingerprint density at radius 3 is 2.48 bits per heavy atom. The Balaban J connectivity index is 1.77. The zero-order chi connectivity index (χ0) is 16.6. The molecule has 6 heteroatoms. The first-order valence-corrected chi connectivity index (χ1v) is 8.94. The van der Waals surface area contributed by atoms with Gasteiger partial charge in [0.1, 0.15) is 0 Å². The van der Waals surface area contributed by atoms with Crippen molar-refractivity contribution in [3.8, 4) is 10.4 Å². The van der Waals surface area contributed by atoms with Gasteiger partial charge in [0.2, 0.25) is 0 Å². The maximum Gasteiger partial charge on any atom is 0.308 e. The van der Waals surface area contributed by atoms with Crippen molar-refractivity contribution in [2.45, 2.75) is 6.92 Å². The molecule has 1 aliphatic rings. The van der Waals surface area contributed by atoms with Crippen molar-refractivity contribution in [3.05, 3.63) is 45.7 Å². The van der Waals surface area contributed by atoms with E-state index in [-0.39, 0.29) is 11.8 Å². The summed E-state index contributed by atoms with van der Waals surface area (Å²) < 4.78 is 1.01. The third-order valence-electron chi connectivity index (χ3n) is 4.16. The van der Waals surface area contributed by atoms with Crippen LogP contribution in [0.25, 0.3) is 10.4 Å². The highest BCUT2D eigenvalue weighted by Gasteiger charge is 2.37. The van der Waals surface area contributed by atoms with Gasteiger partial charge in [0.05, 0.1) is 10.8 Å². The second-order valence-electron chi connectivity index (χ2n) is 5.80. The largest absolute Gasteiger partial charge is 0.481 e. The summed E-state index contributed by atoms with van der Waals surface area (Å²) in [5.74, 6) is -1.38. The van der Waals surface area contributed by atoms with Gasteiger partial charge >= 0.3 is 5.97 Å². The normalized spacial score (nSPS) is 20.7. The lowest BCUT2D eigenvalue weighted by Crippen LogP contribution is -2.29. The fraction of sp³-hybridized carbons (Fsp3) is 0.294. The first-order chi connectivity index (χ1) is 11.0. The number of aliphatic carboxylic acids is 1. The lowest BCUT2D eigenvalue weighted by Gasteiger charge is -2.14. The minimum Gasteiger partial charge on any atom is -0.481 e. The first-order valence-electron chi connectivity index (χ1n) is 7.33. The Morgan fingerprint density at radius 1 is 1.17 bits per heavy atom. The topological polar surface area (TPSA) is 57.6 Å². The van der Waals surface area contributed by atoms with Gasteiger partial charge in [0.25, 0.3) is 5.91 Å². The van der Waals surface area contributed by atoms with Crippen molar-refractivity contribution in [1.29, 1.82) is 0 Å². The van der Waals surface area contributed by atoms with E-state index in [4.69, 9.17) is 0 Å². The molecule has 23 heavy (non-hydrogen) atoms. The number of hydrogen-bond acceptors (Lipinski definition) is 3. The van der Waals surface area contributed by atoms with E-state index >= 15 is 0 Å². The van der Waals surface area contributed by atoms with Crippen LogP contribution >= 0.6 is 27.3 Å². The van der Waals surface area contributed by atoms with E-state index in [1.54, 1.807) is 4.90 Å². The number of benzene rings is 1. The highest BCUT2D eigenvalue weighted by Crippen LogP contribution is 2.31. The molecule has 1 amide bonds. The second kappa shape index (κ2) is 6.45. The quantitative estimate of drug-likeness (QED) is 0.857. The molecule has 4 nitrogen and oxygen atoms in total. The van der Waals surface area contributed by atoms with Crippen LogP contribution in [0, 0.1) is 11.8 Å². The van der Waals surface area contributed by atoms with Crippen LogP contribution in [-0.4, -0.2) is 35.0 Å². The molecule has 1 saturated heterocycles. The van der Waals surface area contributed by atoms with Gasteiger partial charge in [-0.2, -0.15) is 0 Å². The monoisotopic (exact) mass is 393 g/mol. The predicted octanol–water partition coefficient (Wildman–Crippen LogP) is 3.97. The summed E-state index contributed by atoms with van der Waals surface area (Å²) in [6, 6.07) is 11.7. The number of nitrogens with zero attached hydrogens (tertiary/aromatic N) is 1. The zero-order valence-electron chi connectivity index (χ0n) is 12.5. The van der Waals surface area contributed by atoms with Crippen molar-refractivity contribution in [2.75, 3.05) is 13.1 Å². The summed E-state index contributed by atoms with van der Waals surface area (Å²) in [5.41, 5.74) is 1.07. The number of carbonyl (C=O) groups is 2. The van der Waals surface area contributed by atoms with Crippen molar-refractivity contribution < 1.29 is 14.7 Å². The molecule has 120 valence electrons. The fourth-order valence-electron chi connectivity index (χ4n) is 2.83. The summed E-state index contributed by atoms with van der Waals surface area (Å²) in [5, 5.41) is 9.19. The number of carboxylic acid groups (broad SMARTS) is 1. The lowest BCUT2D eigenvalue weighted by molar-refractivity contribution is -0.142. The van der Waals surface area contributed by atoms with Crippen LogP contribution in [0.4, 0.5) is 0 Å². The van der Waals surface area contributed by atoms with Crippen molar-refractivity contribution >= 4 is 39.1 Å². The van der Waals surface area contributed by atoms with Gasteiger partial charge in [-0.25, -0.2) is 0 Å². The molecular formula is C17H16BrNO3S. The van der Waals surface area contributed by atoms with Crippen LogP contribution in [0.5, 0.6) is 0 Å². The number of halogens is 1. The van der Waals surface area contributed by atoms with Crippen LogP contribution < -0.4 is 0 Å². The molecule has 0 saturated carbocycles. The molecule has 1 N–H and O–H groups in total. The Kier molecular flexibility index (Phi) is 4.55. The molecule has 0 radical (unpaired) electrons. The average molecular weight is 394 g/mol. The lowest BCUT2D eigenvalue weighted by atomic mass is 9.99. The smallest absolute Gasteiger partial charge is 0.308 e. The van der Waals surface area contributed by atoms with Gasteiger partial charge in [0.15, 0.2) is 0 Å². The van der Waals surface area contributed by atoms with Gasteiger partial charge in [-0.3, -0.25) is 9.59 Å². The minimum atomic E-state index is -0.825. The number of carboxylic acids is 1. The molecule has 3 rings (SSSR count). The molecule has 0 bridgehead atoms. The highest BCUT2D eigenvalue weighted by atomic mass is 79.9. The Hall–Kier alpha value is -1.66. The molecular weight excluding hydrogens is 378 g/mol. The van der Waals surface area contributed by atoms with E-state index in [9.17, 15) is 14.7 Å². The summed E-state index contributed by atoms with van der Waals surface area (Å²) in [6.07, 6.45) is 0. The standard InChI is InChI=1S/C17H16BrNO3S/c1-10-8-19(9-13(10)17(21)22)16(20)15-7-6-14(23-15)11-2-4-12(18)5-3-11/h2-7,10,13H,8-9H2,1H3,(H,21,22)/t10-,13-/m1/s1. The summed E-state index contributed by atoms with van der Waals surface area (Å²) in [7, 11) is 0. The Labute approximate surface area is 146 Å². The predicted molar refractivity (Wildman–Crippen MR) is 93.6 cm³/mol. The van der Waals surface area contributed by atoms with Gasteiger partial charge in [-0.1, -0.05) is 35.0 Å². The van der Waals surface area contributed by atoms with E-state index < -0.39 is 11.9 Å². The number of carbonyl (C=O) groups excluding carboxylic acids is 1. The van der Waals surface area contributed by atoms with Gasteiger partial charge in [-0.05, 0) is 35.7 Å². The molecule has 2 atom stereocenters. The molecule has 1 aliphatic heterocycles. The van der Waals surface area contributed by atoms with Gasteiger partial charge in [0, 0.05) is 22.4 Å². The minimum absolute atomic E-state index is 0.0117. The fourth-order valence-corrected chi connectivity index (χ4v) is 4.08. The molecule has 0 aliphatic carbocycles.